The Balaban J connectivity index is 1.46. The number of aromatic nitrogens is 4. The number of morpholine rings is 1. The van der Waals surface area contributed by atoms with Gasteiger partial charge in [-0.25, -0.2) is 14.6 Å². The van der Waals surface area contributed by atoms with E-state index in [-0.39, 0.29) is 18.1 Å². The first-order valence-corrected chi connectivity index (χ1v) is 10.1. The zero-order valence-corrected chi connectivity index (χ0v) is 17.2. The molecule has 30 heavy (non-hydrogen) atoms. The predicted molar refractivity (Wildman–Crippen MR) is 112 cm³/mol. The van der Waals surface area contributed by atoms with Crippen LogP contribution >= 0.6 is 0 Å². The molecule has 3 heterocycles. The lowest BCUT2D eigenvalue weighted by atomic mass is 10.1. The minimum Gasteiger partial charge on any atom is -0.373 e. The maximum absolute atomic E-state index is 12.9. The molecule has 0 saturated carbocycles. The highest BCUT2D eigenvalue weighted by molar-refractivity contribution is 5.97. The van der Waals surface area contributed by atoms with Gasteiger partial charge < -0.3 is 10.1 Å². The first-order valence-electron chi connectivity index (χ1n) is 10.1. The van der Waals surface area contributed by atoms with Crippen molar-refractivity contribution in [2.24, 2.45) is 0 Å². The van der Waals surface area contributed by atoms with Crippen LogP contribution in [0.3, 0.4) is 0 Å². The summed E-state index contributed by atoms with van der Waals surface area (Å²) in [5.41, 5.74) is 2.77. The van der Waals surface area contributed by atoms with E-state index >= 15 is 0 Å². The SMILES string of the molecule is C[C@H]1CN(Cc2ccccc2CNC(=O)c2cccnc2-n2cncn2)C[C@H](C)O1. The van der Waals surface area contributed by atoms with Gasteiger partial charge in [-0.15, -0.1) is 0 Å². The van der Waals surface area contributed by atoms with Gasteiger partial charge in [0.25, 0.3) is 5.91 Å². The van der Waals surface area contributed by atoms with Crippen molar-refractivity contribution in [3.05, 3.63) is 71.9 Å². The average Bonchev–Trinajstić information content (AvgIpc) is 3.27. The minimum atomic E-state index is -0.197. The monoisotopic (exact) mass is 406 g/mol. The summed E-state index contributed by atoms with van der Waals surface area (Å²) in [6, 6.07) is 11.7. The molecule has 156 valence electrons. The maximum Gasteiger partial charge on any atom is 0.255 e. The first-order chi connectivity index (χ1) is 14.6. The van der Waals surface area contributed by atoms with Gasteiger partial charge in [0.2, 0.25) is 0 Å². The molecule has 2 atom stereocenters. The highest BCUT2D eigenvalue weighted by Crippen LogP contribution is 2.17. The largest absolute Gasteiger partial charge is 0.373 e. The number of carbonyl (C=O) groups is 1. The number of benzene rings is 1. The Hall–Kier alpha value is -3.10. The van der Waals surface area contributed by atoms with Gasteiger partial charge in [0.05, 0.1) is 17.8 Å². The van der Waals surface area contributed by atoms with Gasteiger partial charge in [-0.2, -0.15) is 5.10 Å². The Morgan fingerprint density at radius 1 is 1.13 bits per heavy atom. The number of carbonyl (C=O) groups excluding carboxylic acids is 1. The summed E-state index contributed by atoms with van der Waals surface area (Å²) in [6.45, 7) is 7.30. The van der Waals surface area contributed by atoms with Gasteiger partial charge in [0.15, 0.2) is 5.82 Å². The van der Waals surface area contributed by atoms with Crippen molar-refractivity contribution < 1.29 is 9.53 Å². The third-order valence-electron chi connectivity index (χ3n) is 5.11. The van der Waals surface area contributed by atoms with Crippen molar-refractivity contribution in [1.82, 2.24) is 30.0 Å². The summed E-state index contributed by atoms with van der Waals surface area (Å²) < 4.78 is 7.33. The van der Waals surface area contributed by atoms with E-state index in [1.807, 2.05) is 12.1 Å². The number of ether oxygens (including phenoxy) is 1. The molecule has 1 saturated heterocycles. The summed E-state index contributed by atoms with van der Waals surface area (Å²) >= 11 is 0. The zero-order chi connectivity index (χ0) is 20.9. The molecule has 1 N–H and O–H groups in total. The van der Waals surface area contributed by atoms with Gasteiger partial charge in [-0.05, 0) is 37.1 Å². The van der Waals surface area contributed by atoms with Crippen molar-refractivity contribution in [2.45, 2.75) is 39.1 Å². The molecule has 0 bridgehead atoms. The summed E-state index contributed by atoms with van der Waals surface area (Å²) in [4.78, 5) is 23.5. The van der Waals surface area contributed by atoms with E-state index in [2.05, 4.69) is 51.3 Å². The Morgan fingerprint density at radius 3 is 2.63 bits per heavy atom. The van der Waals surface area contributed by atoms with E-state index < -0.39 is 0 Å². The van der Waals surface area contributed by atoms with Crippen LogP contribution in [0, 0.1) is 0 Å². The number of amides is 1. The van der Waals surface area contributed by atoms with Crippen LogP contribution in [0.25, 0.3) is 5.82 Å². The van der Waals surface area contributed by atoms with Gasteiger partial charge >= 0.3 is 0 Å². The van der Waals surface area contributed by atoms with Crippen molar-refractivity contribution in [3.8, 4) is 5.82 Å². The molecule has 2 aromatic heterocycles. The predicted octanol–water partition coefficient (Wildman–Crippen LogP) is 2.20. The van der Waals surface area contributed by atoms with Gasteiger partial charge in [0.1, 0.15) is 12.7 Å². The van der Waals surface area contributed by atoms with Crippen LogP contribution in [0.5, 0.6) is 0 Å². The molecule has 8 heteroatoms. The molecule has 0 radical (unpaired) electrons. The normalized spacial score (nSPS) is 19.5. The Labute approximate surface area is 175 Å². The number of hydrogen-bond acceptors (Lipinski definition) is 6. The number of hydrogen-bond donors (Lipinski definition) is 1. The van der Waals surface area contributed by atoms with E-state index in [4.69, 9.17) is 4.74 Å². The van der Waals surface area contributed by atoms with Gasteiger partial charge in [-0.1, -0.05) is 24.3 Å². The van der Waals surface area contributed by atoms with Crippen LogP contribution in [0.2, 0.25) is 0 Å². The third kappa shape index (κ3) is 4.72. The maximum atomic E-state index is 12.9. The van der Waals surface area contributed by atoms with E-state index in [1.54, 1.807) is 18.3 Å². The molecule has 1 amide bonds. The molecule has 8 nitrogen and oxygen atoms in total. The van der Waals surface area contributed by atoms with Crippen molar-refractivity contribution >= 4 is 5.91 Å². The lowest BCUT2D eigenvalue weighted by Crippen LogP contribution is -2.45. The molecule has 1 aliphatic rings. The molecule has 0 spiro atoms. The van der Waals surface area contributed by atoms with Crippen LogP contribution < -0.4 is 5.32 Å². The van der Waals surface area contributed by atoms with Crippen molar-refractivity contribution in [3.63, 3.8) is 0 Å². The molecular weight excluding hydrogens is 380 g/mol. The topological polar surface area (TPSA) is 85.2 Å². The Morgan fingerprint density at radius 2 is 1.90 bits per heavy atom. The number of nitrogens with zero attached hydrogens (tertiary/aromatic N) is 5. The molecule has 4 rings (SSSR count). The molecule has 1 fully saturated rings. The van der Waals surface area contributed by atoms with E-state index in [9.17, 15) is 4.79 Å². The smallest absolute Gasteiger partial charge is 0.255 e. The second-order valence-corrected chi connectivity index (χ2v) is 7.62. The molecule has 3 aromatic rings. The molecule has 0 unspecified atom stereocenters. The highest BCUT2D eigenvalue weighted by Gasteiger charge is 2.23. The molecule has 0 aliphatic carbocycles. The summed E-state index contributed by atoms with van der Waals surface area (Å²) in [5, 5.41) is 7.12. The fraction of sp³-hybridized carbons (Fsp3) is 0.364. The van der Waals surface area contributed by atoms with E-state index in [0.29, 0.717) is 17.9 Å². The quantitative estimate of drug-likeness (QED) is 0.676. The van der Waals surface area contributed by atoms with Crippen molar-refractivity contribution in [1.29, 1.82) is 0 Å². The second kappa shape index (κ2) is 9.15. The summed E-state index contributed by atoms with van der Waals surface area (Å²) in [7, 11) is 0. The molecular formula is C22H26N6O2. The third-order valence-corrected chi connectivity index (χ3v) is 5.11. The first kappa shape index (κ1) is 20.2. The fourth-order valence-electron chi connectivity index (χ4n) is 3.88. The summed E-state index contributed by atoms with van der Waals surface area (Å²) in [6.07, 6.45) is 5.02. The molecule has 1 aliphatic heterocycles. The van der Waals surface area contributed by atoms with E-state index in [1.165, 1.54) is 22.9 Å². The number of rotatable bonds is 6. The van der Waals surface area contributed by atoms with Crippen molar-refractivity contribution in [2.75, 3.05) is 13.1 Å². The van der Waals surface area contributed by atoms with Gasteiger partial charge in [-0.3, -0.25) is 9.69 Å². The van der Waals surface area contributed by atoms with Gasteiger partial charge in [0, 0.05) is 32.4 Å². The lowest BCUT2D eigenvalue weighted by Gasteiger charge is -2.35. The average molecular weight is 406 g/mol. The van der Waals surface area contributed by atoms with Crippen LogP contribution in [0.15, 0.2) is 55.2 Å². The lowest BCUT2D eigenvalue weighted by molar-refractivity contribution is -0.0705. The van der Waals surface area contributed by atoms with Crippen LogP contribution in [-0.4, -0.2) is 55.9 Å². The number of pyridine rings is 1. The van der Waals surface area contributed by atoms with E-state index in [0.717, 1.165) is 25.2 Å². The van der Waals surface area contributed by atoms with Crippen LogP contribution in [-0.2, 0) is 17.8 Å². The van der Waals surface area contributed by atoms with Crippen LogP contribution in [0.1, 0.15) is 35.3 Å². The van der Waals surface area contributed by atoms with Crippen LogP contribution in [0.4, 0.5) is 0 Å². The second-order valence-electron chi connectivity index (χ2n) is 7.62. The summed E-state index contributed by atoms with van der Waals surface area (Å²) in [5.74, 6) is 0.258. The fourth-order valence-corrected chi connectivity index (χ4v) is 3.88. The Kier molecular flexibility index (Phi) is 6.15. The highest BCUT2D eigenvalue weighted by atomic mass is 16.5. The number of nitrogens with one attached hydrogen (secondary N) is 1. The Bertz CT molecular complexity index is 981. The standard InChI is InChI=1S/C22H26N6O2/c1-16-11-27(12-17(2)30-16)13-19-7-4-3-6-18(19)10-25-22(29)20-8-5-9-24-21(20)28-15-23-14-26-28/h3-9,14-17H,10-13H2,1-2H3,(H,25,29)/t16-,17-/m0/s1. The minimum absolute atomic E-state index is 0.197. The zero-order valence-electron chi connectivity index (χ0n) is 17.2. The molecule has 1 aromatic carbocycles.